The Kier molecular flexibility index (Phi) is 3.18. The molecule has 0 amide bonds. The van der Waals surface area contributed by atoms with Crippen molar-refractivity contribution in [2.24, 2.45) is 0 Å². The van der Waals surface area contributed by atoms with Crippen molar-refractivity contribution in [2.75, 3.05) is 12.3 Å². The largest absolute Gasteiger partial charge is 0.388 e. The number of hydrogen-bond acceptors (Lipinski definition) is 8. The number of aromatic amines is 1. The normalized spacial score (nSPS) is 30.8. The van der Waals surface area contributed by atoms with E-state index < -0.39 is 24.5 Å². The molecular weight excluding hydrogens is 286 g/mol. The molecule has 4 atom stereocenters. The highest BCUT2D eigenvalue weighted by atomic mass is 32.1. The second-order valence-corrected chi connectivity index (χ2v) is 4.94. The molecule has 1 aliphatic heterocycles. The molecule has 20 heavy (non-hydrogen) atoms. The number of H-pyrrole nitrogens is 1. The van der Waals surface area contributed by atoms with Gasteiger partial charge in [-0.3, -0.25) is 4.57 Å². The average Bonchev–Trinajstić information content (AvgIpc) is 2.80. The van der Waals surface area contributed by atoms with Crippen molar-refractivity contribution >= 4 is 29.3 Å². The van der Waals surface area contributed by atoms with E-state index in [0.717, 1.165) is 0 Å². The maximum Gasteiger partial charge on any atom is 0.200 e. The zero-order valence-corrected chi connectivity index (χ0v) is 11.0. The Labute approximate surface area is 117 Å². The van der Waals surface area contributed by atoms with Crippen molar-refractivity contribution in [3.05, 3.63) is 11.0 Å². The number of anilines is 1. The number of ether oxygens (including phenoxy) is 1. The first-order valence-corrected chi connectivity index (χ1v) is 6.28. The number of rotatable bonds is 1. The minimum Gasteiger partial charge on any atom is -0.388 e. The molecule has 10 heteroatoms. The quantitative estimate of drug-likeness (QED) is 0.408. The van der Waals surface area contributed by atoms with E-state index >= 15 is 0 Å². The van der Waals surface area contributed by atoms with E-state index in [1.807, 2.05) is 0 Å². The maximum absolute atomic E-state index is 10.0. The number of hydrogen-bond donors (Lipinski definition) is 5. The summed E-state index contributed by atoms with van der Waals surface area (Å²) in [6, 6.07) is 0. The molecule has 3 heterocycles. The third-order valence-electron chi connectivity index (χ3n) is 3.21. The van der Waals surface area contributed by atoms with E-state index in [4.69, 9.17) is 22.7 Å². The Bertz CT molecular complexity index is 701. The number of aliphatic hydroxyl groups excluding tert-OH is 3. The van der Waals surface area contributed by atoms with Gasteiger partial charge in [0, 0.05) is 0 Å². The topological polar surface area (TPSA) is 142 Å². The molecule has 3 rings (SSSR count). The van der Waals surface area contributed by atoms with Gasteiger partial charge in [-0.05, 0) is 0 Å². The molecule has 0 aromatic carbocycles. The summed E-state index contributed by atoms with van der Waals surface area (Å²) in [4.78, 5) is 10.8. The number of nitrogens with zero attached hydrogens (tertiary/aromatic N) is 3. The Balaban J connectivity index is 2.09. The molecule has 0 radical (unpaired) electrons. The first kappa shape index (κ1) is 13.4. The van der Waals surface area contributed by atoms with Crippen LogP contribution in [0.15, 0.2) is 6.33 Å². The van der Waals surface area contributed by atoms with Gasteiger partial charge in [0.15, 0.2) is 16.8 Å². The Morgan fingerprint density at radius 3 is 2.90 bits per heavy atom. The molecule has 2 aromatic heterocycles. The van der Waals surface area contributed by atoms with Crippen LogP contribution in [0.2, 0.25) is 0 Å². The summed E-state index contributed by atoms with van der Waals surface area (Å²) in [5.41, 5.74) is 6.43. The van der Waals surface area contributed by atoms with Crippen molar-refractivity contribution in [3.63, 3.8) is 0 Å². The van der Waals surface area contributed by atoms with E-state index in [1.54, 1.807) is 0 Å². The fourth-order valence-corrected chi connectivity index (χ4v) is 2.43. The van der Waals surface area contributed by atoms with E-state index in [-0.39, 0.29) is 17.2 Å². The number of nitrogens with two attached hydrogens (primary N) is 1. The molecule has 1 saturated heterocycles. The third kappa shape index (κ3) is 1.98. The van der Waals surface area contributed by atoms with E-state index in [0.29, 0.717) is 11.2 Å². The van der Waals surface area contributed by atoms with Gasteiger partial charge in [0.2, 0.25) is 0 Å². The van der Waals surface area contributed by atoms with Gasteiger partial charge in [0.05, 0.1) is 12.9 Å². The molecule has 108 valence electrons. The molecule has 6 N–H and O–H groups in total. The molecule has 1 aliphatic rings. The van der Waals surface area contributed by atoms with Gasteiger partial charge in [-0.25, -0.2) is 9.97 Å². The lowest BCUT2D eigenvalue weighted by molar-refractivity contribution is -0.210. The number of aliphatic hydroxyl groups is 3. The lowest BCUT2D eigenvalue weighted by atomic mass is 10.0. The number of fused-ring (bicyclic) bond motifs is 1. The summed E-state index contributed by atoms with van der Waals surface area (Å²) < 4.78 is 7.04. The molecule has 0 saturated carbocycles. The van der Waals surface area contributed by atoms with Crippen molar-refractivity contribution in [2.45, 2.75) is 24.5 Å². The maximum atomic E-state index is 10.0. The van der Waals surface area contributed by atoms with Crippen LogP contribution >= 0.6 is 12.2 Å². The van der Waals surface area contributed by atoms with Gasteiger partial charge in [-0.1, -0.05) is 12.2 Å². The average molecular weight is 299 g/mol. The minimum absolute atomic E-state index is 0.107. The summed E-state index contributed by atoms with van der Waals surface area (Å²) in [6.07, 6.45) is -3.27. The smallest absolute Gasteiger partial charge is 0.200 e. The van der Waals surface area contributed by atoms with Crippen LogP contribution in [-0.4, -0.2) is 59.8 Å². The summed E-state index contributed by atoms with van der Waals surface area (Å²) in [6.45, 7) is -0.107. The van der Waals surface area contributed by atoms with Gasteiger partial charge < -0.3 is 30.8 Å². The van der Waals surface area contributed by atoms with Crippen LogP contribution < -0.4 is 5.73 Å². The highest BCUT2D eigenvalue weighted by Gasteiger charge is 2.39. The molecule has 0 spiro atoms. The van der Waals surface area contributed by atoms with E-state index in [1.165, 1.54) is 10.9 Å². The Morgan fingerprint density at radius 2 is 2.15 bits per heavy atom. The van der Waals surface area contributed by atoms with Crippen LogP contribution in [0, 0.1) is 4.64 Å². The van der Waals surface area contributed by atoms with Crippen molar-refractivity contribution in [1.29, 1.82) is 0 Å². The van der Waals surface area contributed by atoms with Gasteiger partial charge in [0.1, 0.15) is 29.5 Å². The van der Waals surface area contributed by atoms with E-state index in [2.05, 4.69) is 15.0 Å². The van der Waals surface area contributed by atoms with Gasteiger partial charge in [-0.15, -0.1) is 0 Å². The second kappa shape index (κ2) is 4.75. The third-order valence-corrected chi connectivity index (χ3v) is 3.50. The number of nitrogens with one attached hydrogen (secondary N) is 1. The second-order valence-electron chi connectivity index (χ2n) is 4.55. The van der Waals surface area contributed by atoms with Crippen LogP contribution in [0.4, 0.5) is 5.95 Å². The van der Waals surface area contributed by atoms with Gasteiger partial charge in [-0.2, -0.15) is 0 Å². The molecule has 0 aliphatic carbocycles. The first-order valence-electron chi connectivity index (χ1n) is 5.87. The summed E-state index contributed by atoms with van der Waals surface area (Å²) in [5, 5.41) is 29.2. The molecule has 9 nitrogen and oxygen atoms in total. The Morgan fingerprint density at radius 1 is 1.40 bits per heavy atom. The Hall–Kier alpha value is -1.59. The lowest BCUT2D eigenvalue weighted by Gasteiger charge is -2.35. The van der Waals surface area contributed by atoms with E-state index in [9.17, 15) is 15.3 Å². The summed E-state index contributed by atoms with van der Waals surface area (Å²) in [5.74, 6) is 0.107. The molecule has 0 bridgehead atoms. The van der Waals surface area contributed by atoms with Crippen LogP contribution in [0.1, 0.15) is 6.23 Å². The fraction of sp³-hybridized carbons (Fsp3) is 0.500. The van der Waals surface area contributed by atoms with Crippen LogP contribution in [0.3, 0.4) is 0 Å². The van der Waals surface area contributed by atoms with Crippen LogP contribution in [-0.2, 0) is 4.74 Å². The first-order chi connectivity index (χ1) is 9.49. The van der Waals surface area contributed by atoms with Crippen molar-refractivity contribution < 1.29 is 20.1 Å². The zero-order chi connectivity index (χ0) is 14.4. The highest BCUT2D eigenvalue weighted by Crippen LogP contribution is 2.27. The predicted octanol–water partition coefficient (Wildman–Crippen LogP) is -1.32. The highest BCUT2D eigenvalue weighted by molar-refractivity contribution is 7.71. The number of imidazole rings is 1. The van der Waals surface area contributed by atoms with Crippen LogP contribution in [0.5, 0.6) is 0 Å². The number of aromatic nitrogens is 4. The van der Waals surface area contributed by atoms with Crippen LogP contribution in [0.25, 0.3) is 11.2 Å². The summed E-state index contributed by atoms with van der Waals surface area (Å²) in [7, 11) is 0. The molecule has 1 fully saturated rings. The monoisotopic (exact) mass is 299 g/mol. The standard InChI is InChI=1S/C10H13N5O4S/c11-10-13-7-4(8(20)14-10)12-2-15(7)9-6(18)5(17)3(16)1-19-9/h2-3,5-6,9,16-18H,1H2,(H3,11,13,14,20)/t3-,5-,6-,9-/m1/s1. The molecular formula is C10H13N5O4S. The molecule has 0 unspecified atom stereocenters. The number of nitrogen functional groups attached to an aromatic ring is 1. The minimum atomic E-state index is -1.31. The molecule has 2 aromatic rings. The van der Waals surface area contributed by atoms with Gasteiger partial charge in [0.25, 0.3) is 0 Å². The predicted molar refractivity (Wildman–Crippen MR) is 70.1 cm³/mol. The summed E-state index contributed by atoms with van der Waals surface area (Å²) >= 11 is 5.05. The fourth-order valence-electron chi connectivity index (χ4n) is 2.18. The van der Waals surface area contributed by atoms with Crippen molar-refractivity contribution in [1.82, 2.24) is 19.5 Å². The zero-order valence-electron chi connectivity index (χ0n) is 10.2. The lowest BCUT2D eigenvalue weighted by Crippen LogP contribution is -2.50. The SMILES string of the molecule is Nc1nc(=S)c2ncn([C@@H]3OC[C@@H](O)[C@@H](O)[C@H]3O)c2[nH]1. The van der Waals surface area contributed by atoms with Crippen molar-refractivity contribution in [3.8, 4) is 0 Å². The van der Waals surface area contributed by atoms with Gasteiger partial charge >= 0.3 is 0 Å².